The first-order valence-corrected chi connectivity index (χ1v) is 9.25. The van der Waals surface area contributed by atoms with Crippen molar-refractivity contribution in [3.8, 4) is 0 Å². The summed E-state index contributed by atoms with van der Waals surface area (Å²) in [5.74, 6) is 0.116. The highest BCUT2D eigenvalue weighted by Gasteiger charge is 2.24. The van der Waals surface area contributed by atoms with E-state index in [1.807, 2.05) is 11.8 Å². The number of amides is 3. The lowest BCUT2D eigenvalue weighted by atomic mass is 9.93. The van der Waals surface area contributed by atoms with Crippen LogP contribution in [0.15, 0.2) is 18.2 Å². The van der Waals surface area contributed by atoms with Gasteiger partial charge in [-0.25, -0.2) is 4.79 Å². The number of carbonyl (C=O) groups excluding carboxylic acids is 2. The van der Waals surface area contributed by atoms with Gasteiger partial charge in [0.2, 0.25) is 5.91 Å². The molecule has 2 rings (SSSR count). The van der Waals surface area contributed by atoms with E-state index >= 15 is 0 Å². The molecule has 1 aliphatic heterocycles. The molecule has 25 heavy (non-hydrogen) atoms. The molecule has 3 N–H and O–H groups in total. The van der Waals surface area contributed by atoms with Crippen molar-refractivity contribution in [2.45, 2.75) is 58.9 Å². The lowest BCUT2D eigenvalue weighted by molar-refractivity contribution is -0.118. The highest BCUT2D eigenvalue weighted by atomic mass is 16.2. The Bertz CT molecular complexity index is 615. The minimum Gasteiger partial charge on any atom is -0.370 e. The minimum atomic E-state index is -0.260. The van der Waals surface area contributed by atoms with Crippen molar-refractivity contribution in [2.24, 2.45) is 11.7 Å². The first kappa shape index (κ1) is 19.3. The summed E-state index contributed by atoms with van der Waals surface area (Å²) in [4.78, 5) is 25.4. The van der Waals surface area contributed by atoms with E-state index in [9.17, 15) is 9.59 Å². The van der Waals surface area contributed by atoms with Gasteiger partial charge in [0.15, 0.2) is 0 Å². The molecular weight excluding hydrogens is 314 g/mol. The van der Waals surface area contributed by atoms with Crippen LogP contribution in [0, 0.1) is 19.8 Å². The van der Waals surface area contributed by atoms with E-state index in [1.54, 1.807) is 0 Å². The second-order valence-electron chi connectivity index (χ2n) is 7.44. The van der Waals surface area contributed by atoms with Crippen LogP contribution in [-0.2, 0) is 11.2 Å². The van der Waals surface area contributed by atoms with Gasteiger partial charge in [0.25, 0.3) is 0 Å². The third-order valence-electron chi connectivity index (χ3n) is 5.00. The smallest absolute Gasteiger partial charge is 0.317 e. The van der Waals surface area contributed by atoms with Crippen LogP contribution in [0.25, 0.3) is 0 Å². The molecule has 2 unspecified atom stereocenters. The van der Waals surface area contributed by atoms with Gasteiger partial charge in [0.1, 0.15) is 0 Å². The van der Waals surface area contributed by atoms with Crippen molar-refractivity contribution in [2.75, 3.05) is 13.1 Å². The van der Waals surface area contributed by atoms with Crippen molar-refractivity contribution in [1.82, 2.24) is 10.2 Å². The summed E-state index contributed by atoms with van der Waals surface area (Å²) in [7, 11) is 0. The van der Waals surface area contributed by atoms with Crippen molar-refractivity contribution in [1.29, 1.82) is 0 Å². The monoisotopic (exact) mass is 345 g/mol. The summed E-state index contributed by atoms with van der Waals surface area (Å²) in [6.07, 6.45) is 4.06. The molecule has 1 heterocycles. The molecule has 0 aliphatic carbocycles. The van der Waals surface area contributed by atoms with E-state index in [0.29, 0.717) is 12.3 Å². The number of piperidine rings is 1. The Kier molecular flexibility index (Phi) is 6.85. The predicted molar refractivity (Wildman–Crippen MR) is 100 cm³/mol. The number of carbonyl (C=O) groups is 2. The Morgan fingerprint density at radius 3 is 2.80 bits per heavy atom. The number of hydrogen-bond acceptors (Lipinski definition) is 2. The van der Waals surface area contributed by atoms with Crippen molar-refractivity contribution >= 4 is 11.9 Å². The number of nitrogens with two attached hydrogens (primary N) is 1. The molecular formula is C20H31N3O2. The third kappa shape index (κ3) is 6.07. The fourth-order valence-corrected chi connectivity index (χ4v) is 3.59. The molecule has 1 aromatic rings. The normalized spacial score (nSPS) is 18.7. The number of nitrogens with one attached hydrogen (secondary N) is 1. The number of benzene rings is 1. The summed E-state index contributed by atoms with van der Waals surface area (Å²) in [5, 5.41) is 3.12. The molecule has 3 amide bonds. The molecule has 0 bridgehead atoms. The Labute approximate surface area is 151 Å². The Balaban J connectivity index is 1.84. The van der Waals surface area contributed by atoms with Crippen LogP contribution in [0.2, 0.25) is 0 Å². The molecule has 138 valence electrons. The maximum absolute atomic E-state index is 12.5. The summed E-state index contributed by atoms with van der Waals surface area (Å²) in [5.41, 5.74) is 9.03. The van der Waals surface area contributed by atoms with Crippen molar-refractivity contribution in [3.63, 3.8) is 0 Å². The highest BCUT2D eigenvalue weighted by Crippen LogP contribution is 2.21. The molecule has 0 radical (unpaired) electrons. The van der Waals surface area contributed by atoms with E-state index < -0.39 is 0 Å². The van der Waals surface area contributed by atoms with Gasteiger partial charge in [-0.1, -0.05) is 23.8 Å². The first-order valence-electron chi connectivity index (χ1n) is 9.25. The molecule has 2 atom stereocenters. The van der Waals surface area contributed by atoms with Crippen LogP contribution >= 0.6 is 0 Å². The zero-order valence-corrected chi connectivity index (χ0v) is 15.7. The Morgan fingerprint density at radius 1 is 1.36 bits per heavy atom. The molecule has 0 saturated carbocycles. The fraction of sp³-hybridized carbons (Fsp3) is 0.600. The fourth-order valence-electron chi connectivity index (χ4n) is 3.59. The molecule has 1 fully saturated rings. The number of aryl methyl sites for hydroxylation is 2. The first-order chi connectivity index (χ1) is 11.8. The van der Waals surface area contributed by atoms with Gasteiger partial charge >= 0.3 is 6.03 Å². The average molecular weight is 345 g/mol. The predicted octanol–water partition coefficient (Wildman–Crippen LogP) is 2.92. The number of rotatable bonds is 6. The van der Waals surface area contributed by atoms with E-state index in [1.165, 1.54) is 16.7 Å². The Morgan fingerprint density at radius 2 is 2.12 bits per heavy atom. The zero-order chi connectivity index (χ0) is 18.4. The Hall–Kier alpha value is -2.04. The second kappa shape index (κ2) is 8.88. The lowest BCUT2D eigenvalue weighted by Crippen LogP contribution is -2.48. The van der Waals surface area contributed by atoms with Gasteiger partial charge in [-0.15, -0.1) is 0 Å². The van der Waals surface area contributed by atoms with Crippen LogP contribution in [0.1, 0.15) is 49.3 Å². The summed E-state index contributed by atoms with van der Waals surface area (Å²) in [6.45, 7) is 7.76. The minimum absolute atomic E-state index is 0.000963. The van der Waals surface area contributed by atoms with Crippen molar-refractivity contribution < 1.29 is 9.59 Å². The molecule has 1 aliphatic rings. The lowest BCUT2D eigenvalue weighted by Gasteiger charge is -2.33. The van der Waals surface area contributed by atoms with Gasteiger partial charge in [0, 0.05) is 25.6 Å². The van der Waals surface area contributed by atoms with Crippen LogP contribution < -0.4 is 11.1 Å². The number of primary amides is 1. The largest absolute Gasteiger partial charge is 0.370 e. The molecule has 0 spiro atoms. The van der Waals surface area contributed by atoms with Crippen molar-refractivity contribution in [3.05, 3.63) is 34.9 Å². The van der Waals surface area contributed by atoms with E-state index in [-0.39, 0.29) is 18.0 Å². The number of urea groups is 1. The molecule has 0 aromatic heterocycles. The molecule has 5 nitrogen and oxygen atoms in total. The summed E-state index contributed by atoms with van der Waals surface area (Å²) in [6, 6.07) is 6.53. The van der Waals surface area contributed by atoms with Gasteiger partial charge < -0.3 is 16.0 Å². The maximum atomic E-state index is 12.5. The summed E-state index contributed by atoms with van der Waals surface area (Å²) < 4.78 is 0. The average Bonchev–Trinajstić information content (AvgIpc) is 2.56. The number of hydrogen-bond donors (Lipinski definition) is 2. The van der Waals surface area contributed by atoms with Gasteiger partial charge in [-0.3, -0.25) is 4.79 Å². The topological polar surface area (TPSA) is 75.4 Å². The van der Waals surface area contributed by atoms with Gasteiger partial charge in [-0.2, -0.15) is 0 Å². The standard InChI is InChI=1S/C20H31N3O2/c1-14-6-8-18(15(2)11-14)12-16(3)22-20(25)23-10-4-5-17(13-23)7-9-19(21)24/h6,8,11,16-17H,4-5,7,9-10,12-13H2,1-3H3,(H2,21,24)(H,22,25). The van der Waals surface area contributed by atoms with Gasteiger partial charge in [0.05, 0.1) is 0 Å². The van der Waals surface area contributed by atoms with E-state index in [0.717, 1.165) is 38.8 Å². The zero-order valence-electron chi connectivity index (χ0n) is 15.7. The second-order valence-corrected chi connectivity index (χ2v) is 7.44. The maximum Gasteiger partial charge on any atom is 0.317 e. The third-order valence-corrected chi connectivity index (χ3v) is 5.00. The van der Waals surface area contributed by atoms with Gasteiger partial charge in [-0.05, 0) is 63.5 Å². The van der Waals surface area contributed by atoms with Crippen LogP contribution in [0.5, 0.6) is 0 Å². The van der Waals surface area contributed by atoms with Crippen LogP contribution in [0.3, 0.4) is 0 Å². The van der Waals surface area contributed by atoms with E-state index in [4.69, 9.17) is 5.73 Å². The number of likely N-dealkylation sites (tertiary alicyclic amines) is 1. The SMILES string of the molecule is Cc1ccc(CC(C)NC(=O)N2CCCC(CCC(N)=O)C2)c(C)c1. The van der Waals surface area contributed by atoms with E-state index in [2.05, 4.69) is 37.4 Å². The molecule has 1 saturated heterocycles. The van der Waals surface area contributed by atoms with Crippen LogP contribution in [0.4, 0.5) is 4.79 Å². The summed E-state index contributed by atoms with van der Waals surface area (Å²) >= 11 is 0. The van der Waals surface area contributed by atoms with Crippen LogP contribution in [-0.4, -0.2) is 36.0 Å². The quantitative estimate of drug-likeness (QED) is 0.832. The molecule has 5 heteroatoms. The number of nitrogens with zero attached hydrogens (tertiary/aromatic N) is 1. The highest BCUT2D eigenvalue weighted by molar-refractivity contribution is 5.75. The molecule has 1 aromatic carbocycles.